The number of rotatable bonds is 9. The molecule has 0 unspecified atom stereocenters. The molecule has 2 rings (SSSR count). The minimum Gasteiger partial charge on any atom is -0.493 e. The fourth-order valence-corrected chi connectivity index (χ4v) is 3.42. The van der Waals surface area contributed by atoms with Crippen LogP contribution in [0, 0.1) is 0 Å². The largest absolute Gasteiger partial charge is 0.493 e. The predicted molar refractivity (Wildman–Crippen MR) is 106 cm³/mol. The third-order valence-corrected chi connectivity index (χ3v) is 6.01. The number of methoxy groups -OCH3 is 1. The number of benzene rings is 1. The molecule has 1 saturated heterocycles. The van der Waals surface area contributed by atoms with Crippen molar-refractivity contribution in [3.05, 3.63) is 23.8 Å². The van der Waals surface area contributed by atoms with Gasteiger partial charge in [0.15, 0.2) is 11.5 Å². The van der Waals surface area contributed by atoms with Gasteiger partial charge in [0.25, 0.3) is 0 Å². The van der Waals surface area contributed by atoms with Crippen LogP contribution in [-0.4, -0.2) is 57.5 Å². The Hall–Kier alpha value is -2.00. The molecule has 0 bridgehead atoms. The number of amides is 2. The van der Waals surface area contributed by atoms with Gasteiger partial charge in [0.2, 0.25) is 0 Å². The summed E-state index contributed by atoms with van der Waals surface area (Å²) in [6.45, 7) is 6.95. The molecule has 9 heteroatoms. The quantitative estimate of drug-likeness (QED) is 0.624. The Bertz CT molecular complexity index is 760. The number of hydrogen-bond donors (Lipinski definition) is 1. The minimum absolute atomic E-state index is 0.0119. The molecule has 1 heterocycles. The van der Waals surface area contributed by atoms with Gasteiger partial charge in [-0.15, -0.1) is 0 Å². The summed E-state index contributed by atoms with van der Waals surface area (Å²) in [6.07, 6.45) is 1.92. The third kappa shape index (κ3) is 6.00. The van der Waals surface area contributed by atoms with Crippen LogP contribution < -0.4 is 14.2 Å². The second kappa shape index (κ2) is 9.97. The monoisotopic (exact) mass is 414 g/mol. The van der Waals surface area contributed by atoms with Crippen LogP contribution in [0.5, 0.6) is 11.5 Å². The van der Waals surface area contributed by atoms with E-state index in [1.807, 2.05) is 6.92 Å². The van der Waals surface area contributed by atoms with Gasteiger partial charge in [-0.1, -0.05) is 6.07 Å². The lowest BCUT2D eigenvalue weighted by Crippen LogP contribution is -2.43. The van der Waals surface area contributed by atoms with Crippen molar-refractivity contribution in [3.63, 3.8) is 0 Å². The Morgan fingerprint density at radius 1 is 1.36 bits per heavy atom. The Morgan fingerprint density at radius 2 is 2.11 bits per heavy atom. The number of nitrogens with one attached hydrogen (secondary N) is 1. The van der Waals surface area contributed by atoms with Crippen molar-refractivity contribution in [2.24, 2.45) is 0 Å². The first-order valence-electron chi connectivity index (χ1n) is 9.51. The number of carbonyl (C=O) groups is 1. The highest BCUT2D eigenvalue weighted by atomic mass is 32.2. The zero-order valence-corrected chi connectivity index (χ0v) is 17.8. The summed E-state index contributed by atoms with van der Waals surface area (Å²) in [5, 5.41) is 2.12. The summed E-state index contributed by atoms with van der Waals surface area (Å²) in [6, 6.07) is 4.84. The van der Waals surface area contributed by atoms with Crippen molar-refractivity contribution in [1.82, 2.24) is 10.2 Å². The van der Waals surface area contributed by atoms with E-state index >= 15 is 0 Å². The second-order valence-corrected chi connectivity index (χ2v) is 9.06. The third-order valence-electron chi connectivity index (χ3n) is 4.45. The summed E-state index contributed by atoms with van der Waals surface area (Å²) in [5.74, 6) is 0.429. The van der Waals surface area contributed by atoms with Crippen LogP contribution in [0.3, 0.4) is 0 Å². The number of nitrogens with zero attached hydrogens (tertiary/aromatic N) is 1. The van der Waals surface area contributed by atoms with E-state index in [4.69, 9.17) is 13.7 Å². The van der Waals surface area contributed by atoms with Crippen LogP contribution >= 0.6 is 0 Å². The Kier molecular flexibility index (Phi) is 7.94. The van der Waals surface area contributed by atoms with E-state index in [1.165, 1.54) is 7.11 Å². The highest BCUT2D eigenvalue weighted by Gasteiger charge is 2.24. The van der Waals surface area contributed by atoms with Crippen LogP contribution in [-0.2, 0) is 21.4 Å². The fraction of sp³-hybridized carbons (Fsp3) is 0.632. The molecule has 0 aromatic heterocycles. The zero-order chi connectivity index (χ0) is 20.7. The molecule has 1 aromatic rings. The molecule has 1 N–H and O–H groups in total. The SMILES string of the molecule is CCNC(=O)N(Cc1ccc(OC)c(OS(=O)(=O)C(C)C)c1)C[C@H]1CCCO1. The molecule has 0 spiro atoms. The molecule has 1 aromatic carbocycles. The Labute approximate surface area is 167 Å². The van der Waals surface area contributed by atoms with Crippen molar-refractivity contribution in [1.29, 1.82) is 0 Å². The minimum atomic E-state index is -3.77. The molecule has 2 amide bonds. The highest BCUT2D eigenvalue weighted by molar-refractivity contribution is 7.87. The van der Waals surface area contributed by atoms with Gasteiger partial charge >= 0.3 is 16.1 Å². The maximum atomic E-state index is 12.5. The lowest BCUT2D eigenvalue weighted by molar-refractivity contribution is 0.0795. The molecule has 0 radical (unpaired) electrons. The normalized spacial score (nSPS) is 16.8. The van der Waals surface area contributed by atoms with Gasteiger partial charge in [-0.3, -0.25) is 0 Å². The van der Waals surface area contributed by atoms with Gasteiger partial charge in [0, 0.05) is 26.2 Å². The molecule has 158 valence electrons. The second-order valence-electron chi connectivity index (χ2n) is 6.96. The van der Waals surface area contributed by atoms with E-state index in [-0.39, 0.29) is 17.9 Å². The molecule has 1 atom stereocenters. The molecular weight excluding hydrogens is 384 g/mol. The van der Waals surface area contributed by atoms with Crippen molar-refractivity contribution in [2.45, 2.75) is 51.5 Å². The number of urea groups is 1. The molecule has 8 nitrogen and oxygen atoms in total. The average molecular weight is 415 g/mol. The highest BCUT2D eigenvalue weighted by Crippen LogP contribution is 2.30. The van der Waals surface area contributed by atoms with Gasteiger partial charge in [-0.05, 0) is 51.3 Å². The van der Waals surface area contributed by atoms with Crippen LogP contribution in [0.15, 0.2) is 18.2 Å². The molecule has 1 fully saturated rings. The lowest BCUT2D eigenvalue weighted by atomic mass is 10.1. The van der Waals surface area contributed by atoms with Crippen LogP contribution in [0.25, 0.3) is 0 Å². The van der Waals surface area contributed by atoms with Crippen molar-refractivity contribution in [3.8, 4) is 11.5 Å². The van der Waals surface area contributed by atoms with Gasteiger partial charge in [0.05, 0.1) is 18.5 Å². The predicted octanol–water partition coefficient (Wildman–Crippen LogP) is 2.52. The summed E-state index contributed by atoms with van der Waals surface area (Å²) in [5.41, 5.74) is 0.735. The molecule has 28 heavy (non-hydrogen) atoms. The first-order valence-corrected chi connectivity index (χ1v) is 11.0. The summed E-state index contributed by atoms with van der Waals surface area (Å²) in [4.78, 5) is 14.1. The topological polar surface area (TPSA) is 94.2 Å². The fourth-order valence-electron chi connectivity index (χ4n) is 2.84. The van der Waals surface area contributed by atoms with Crippen molar-refractivity contribution >= 4 is 16.1 Å². The lowest BCUT2D eigenvalue weighted by Gasteiger charge is -2.26. The van der Waals surface area contributed by atoms with Gasteiger partial charge in [-0.2, -0.15) is 8.42 Å². The van der Waals surface area contributed by atoms with E-state index in [0.29, 0.717) is 32.0 Å². The van der Waals surface area contributed by atoms with Gasteiger partial charge < -0.3 is 23.9 Å². The summed E-state index contributed by atoms with van der Waals surface area (Å²) >= 11 is 0. The van der Waals surface area contributed by atoms with Gasteiger partial charge in [0.1, 0.15) is 0 Å². The van der Waals surface area contributed by atoms with Crippen LogP contribution in [0.4, 0.5) is 4.79 Å². The van der Waals surface area contributed by atoms with E-state index < -0.39 is 15.4 Å². The number of hydrogen-bond acceptors (Lipinski definition) is 6. The van der Waals surface area contributed by atoms with E-state index in [1.54, 1.807) is 36.9 Å². The Morgan fingerprint density at radius 3 is 2.68 bits per heavy atom. The number of carbonyl (C=O) groups excluding carboxylic acids is 1. The van der Waals surface area contributed by atoms with E-state index in [0.717, 1.165) is 18.4 Å². The van der Waals surface area contributed by atoms with Gasteiger partial charge in [-0.25, -0.2) is 4.79 Å². The molecule has 1 aliphatic rings. The molecular formula is C19H30N2O6S. The first-order chi connectivity index (χ1) is 13.3. The van der Waals surface area contributed by atoms with E-state index in [2.05, 4.69) is 5.32 Å². The molecule has 1 aliphatic heterocycles. The smallest absolute Gasteiger partial charge is 0.317 e. The Balaban J connectivity index is 2.23. The first kappa shape index (κ1) is 22.3. The zero-order valence-electron chi connectivity index (χ0n) is 16.9. The van der Waals surface area contributed by atoms with E-state index in [9.17, 15) is 13.2 Å². The van der Waals surface area contributed by atoms with Crippen molar-refractivity contribution < 1.29 is 26.9 Å². The van der Waals surface area contributed by atoms with Crippen LogP contribution in [0.2, 0.25) is 0 Å². The maximum absolute atomic E-state index is 12.5. The maximum Gasteiger partial charge on any atom is 0.317 e. The average Bonchev–Trinajstić information content (AvgIpc) is 3.14. The standard InChI is InChI=1S/C19H30N2O6S/c1-5-20-19(22)21(13-16-7-6-10-26-16)12-15-8-9-17(25-4)18(11-15)27-28(23,24)14(2)3/h8-9,11,14,16H,5-7,10,12-13H2,1-4H3,(H,20,22)/t16-/m1/s1. The molecule has 0 saturated carbocycles. The van der Waals surface area contributed by atoms with Crippen LogP contribution in [0.1, 0.15) is 39.2 Å². The van der Waals surface area contributed by atoms with Crippen molar-refractivity contribution in [2.75, 3.05) is 26.8 Å². The number of ether oxygens (including phenoxy) is 2. The molecule has 0 aliphatic carbocycles. The summed E-state index contributed by atoms with van der Waals surface area (Å²) < 4.78 is 40.4. The summed E-state index contributed by atoms with van der Waals surface area (Å²) in [7, 11) is -2.32.